The number of pyridine rings is 1. The number of halogens is 2. The highest BCUT2D eigenvalue weighted by Crippen LogP contribution is 2.34. The van der Waals surface area contributed by atoms with Crippen LogP contribution in [0.3, 0.4) is 0 Å². The van der Waals surface area contributed by atoms with Gasteiger partial charge in [0.1, 0.15) is 5.82 Å². The SMILES string of the molecule is CCOC(=O)c1cc(-c2ccc(N3CCOCC3)cc2)c(C(=N)C(C)C)c(Nc2ccc(F)c(F)c2)n1. The van der Waals surface area contributed by atoms with E-state index in [1.165, 1.54) is 6.07 Å². The normalized spacial score (nSPS) is 13.5. The predicted molar refractivity (Wildman–Crippen MR) is 140 cm³/mol. The van der Waals surface area contributed by atoms with Crippen LogP contribution in [0.1, 0.15) is 36.8 Å². The number of hydrogen-bond acceptors (Lipinski definition) is 7. The van der Waals surface area contributed by atoms with Gasteiger partial charge in [-0.15, -0.1) is 0 Å². The van der Waals surface area contributed by atoms with E-state index >= 15 is 0 Å². The average molecular weight is 509 g/mol. The van der Waals surface area contributed by atoms with Crippen LogP contribution in [0.15, 0.2) is 48.5 Å². The van der Waals surface area contributed by atoms with Gasteiger partial charge < -0.3 is 25.1 Å². The number of nitrogens with zero attached hydrogens (tertiary/aromatic N) is 2. The fourth-order valence-corrected chi connectivity index (χ4v) is 4.12. The van der Waals surface area contributed by atoms with E-state index in [0.29, 0.717) is 24.3 Å². The third kappa shape index (κ3) is 5.94. The Labute approximate surface area is 214 Å². The molecule has 2 aromatic carbocycles. The second kappa shape index (κ2) is 11.5. The van der Waals surface area contributed by atoms with Gasteiger partial charge in [-0.05, 0) is 54.3 Å². The Hall–Kier alpha value is -3.85. The first kappa shape index (κ1) is 26.2. The third-order valence-electron chi connectivity index (χ3n) is 6.09. The third-order valence-corrected chi connectivity index (χ3v) is 6.09. The highest BCUT2D eigenvalue weighted by Gasteiger charge is 2.23. The summed E-state index contributed by atoms with van der Waals surface area (Å²) in [7, 11) is 0. The first-order valence-corrected chi connectivity index (χ1v) is 12.2. The van der Waals surface area contributed by atoms with Crippen LogP contribution in [-0.2, 0) is 9.47 Å². The van der Waals surface area contributed by atoms with E-state index in [-0.39, 0.29) is 35.4 Å². The van der Waals surface area contributed by atoms with Crippen LogP contribution >= 0.6 is 0 Å². The van der Waals surface area contributed by atoms with Crippen molar-refractivity contribution in [1.29, 1.82) is 5.41 Å². The zero-order valence-electron chi connectivity index (χ0n) is 21.1. The van der Waals surface area contributed by atoms with Crippen LogP contribution in [0.25, 0.3) is 11.1 Å². The van der Waals surface area contributed by atoms with Gasteiger partial charge in [0.15, 0.2) is 17.3 Å². The molecule has 37 heavy (non-hydrogen) atoms. The van der Waals surface area contributed by atoms with Gasteiger partial charge in [0.25, 0.3) is 0 Å². The van der Waals surface area contributed by atoms with Gasteiger partial charge in [-0.2, -0.15) is 0 Å². The van der Waals surface area contributed by atoms with Crippen molar-refractivity contribution in [1.82, 2.24) is 4.98 Å². The van der Waals surface area contributed by atoms with E-state index < -0.39 is 17.6 Å². The van der Waals surface area contributed by atoms with Crippen molar-refractivity contribution < 1.29 is 23.0 Å². The van der Waals surface area contributed by atoms with Gasteiger partial charge in [0, 0.05) is 41.8 Å². The summed E-state index contributed by atoms with van der Waals surface area (Å²) < 4.78 is 38.1. The fraction of sp³-hybridized carbons (Fsp3) is 0.321. The molecule has 1 saturated heterocycles. The molecule has 4 rings (SSSR count). The number of carbonyl (C=O) groups is 1. The lowest BCUT2D eigenvalue weighted by Crippen LogP contribution is -2.36. The van der Waals surface area contributed by atoms with Crippen LogP contribution < -0.4 is 10.2 Å². The average Bonchev–Trinajstić information content (AvgIpc) is 2.90. The van der Waals surface area contributed by atoms with Crippen molar-refractivity contribution in [3.05, 3.63) is 71.4 Å². The van der Waals surface area contributed by atoms with Crippen molar-refractivity contribution in [2.24, 2.45) is 5.92 Å². The van der Waals surface area contributed by atoms with E-state index in [1.807, 2.05) is 38.1 Å². The maximum Gasteiger partial charge on any atom is 0.357 e. The van der Waals surface area contributed by atoms with E-state index in [4.69, 9.17) is 14.9 Å². The van der Waals surface area contributed by atoms with Crippen molar-refractivity contribution in [3.63, 3.8) is 0 Å². The zero-order valence-corrected chi connectivity index (χ0v) is 21.1. The van der Waals surface area contributed by atoms with Gasteiger partial charge >= 0.3 is 5.97 Å². The monoisotopic (exact) mass is 508 g/mol. The quantitative estimate of drug-likeness (QED) is 0.295. The molecule has 7 nitrogen and oxygen atoms in total. The molecule has 2 N–H and O–H groups in total. The lowest BCUT2D eigenvalue weighted by molar-refractivity contribution is 0.0519. The molecule has 0 amide bonds. The van der Waals surface area contributed by atoms with Gasteiger partial charge in [0.05, 0.1) is 19.8 Å². The molecule has 3 aromatic rings. The van der Waals surface area contributed by atoms with Crippen LogP contribution in [0.2, 0.25) is 0 Å². The minimum atomic E-state index is -1.02. The molecule has 0 saturated carbocycles. The summed E-state index contributed by atoms with van der Waals surface area (Å²) >= 11 is 0. The van der Waals surface area contributed by atoms with Crippen molar-refractivity contribution >= 4 is 28.9 Å². The van der Waals surface area contributed by atoms with Gasteiger partial charge in [-0.3, -0.25) is 0 Å². The number of nitrogens with one attached hydrogen (secondary N) is 2. The minimum Gasteiger partial charge on any atom is -0.461 e. The van der Waals surface area contributed by atoms with Crippen molar-refractivity contribution in [2.45, 2.75) is 20.8 Å². The summed E-state index contributed by atoms with van der Waals surface area (Å²) in [5, 5.41) is 11.9. The Balaban J connectivity index is 1.85. The number of ether oxygens (including phenoxy) is 2. The largest absolute Gasteiger partial charge is 0.461 e. The number of morpholine rings is 1. The molecule has 1 fully saturated rings. The highest BCUT2D eigenvalue weighted by molar-refractivity contribution is 6.10. The molecular weight excluding hydrogens is 478 g/mol. The van der Waals surface area contributed by atoms with E-state index in [1.54, 1.807) is 13.0 Å². The van der Waals surface area contributed by atoms with E-state index in [2.05, 4.69) is 15.2 Å². The Kier molecular flexibility index (Phi) is 8.13. The van der Waals surface area contributed by atoms with Gasteiger partial charge in [0.2, 0.25) is 0 Å². The number of hydrogen-bond donors (Lipinski definition) is 2. The van der Waals surface area contributed by atoms with Gasteiger partial charge in [-0.1, -0.05) is 26.0 Å². The highest BCUT2D eigenvalue weighted by atomic mass is 19.2. The Morgan fingerprint density at radius 1 is 1.11 bits per heavy atom. The molecule has 1 aromatic heterocycles. The number of anilines is 3. The van der Waals surface area contributed by atoms with E-state index in [9.17, 15) is 13.6 Å². The minimum absolute atomic E-state index is 0.0412. The topological polar surface area (TPSA) is 87.5 Å². The number of rotatable bonds is 8. The molecule has 9 heteroatoms. The molecule has 0 aliphatic carbocycles. The Morgan fingerprint density at radius 3 is 2.43 bits per heavy atom. The Morgan fingerprint density at radius 2 is 1.81 bits per heavy atom. The molecule has 1 aliphatic rings. The van der Waals surface area contributed by atoms with Crippen molar-refractivity contribution in [2.75, 3.05) is 43.1 Å². The predicted octanol–water partition coefficient (Wildman–Crippen LogP) is 5.81. The van der Waals surface area contributed by atoms with Crippen LogP contribution in [0.4, 0.5) is 26.0 Å². The van der Waals surface area contributed by atoms with Crippen molar-refractivity contribution in [3.8, 4) is 11.1 Å². The summed E-state index contributed by atoms with van der Waals surface area (Å²) in [6.07, 6.45) is 0. The molecule has 0 radical (unpaired) electrons. The number of esters is 1. The molecule has 0 atom stereocenters. The maximum atomic E-state index is 13.9. The van der Waals surface area contributed by atoms with Gasteiger partial charge in [-0.25, -0.2) is 18.6 Å². The summed E-state index contributed by atoms with van der Waals surface area (Å²) in [6, 6.07) is 12.9. The summed E-state index contributed by atoms with van der Waals surface area (Å²) in [5.41, 5.74) is 3.45. The zero-order chi connectivity index (χ0) is 26.5. The summed E-state index contributed by atoms with van der Waals surface area (Å²) in [4.78, 5) is 19.4. The summed E-state index contributed by atoms with van der Waals surface area (Å²) in [5.74, 6) is -2.61. The molecule has 0 spiro atoms. The molecule has 194 valence electrons. The lowest BCUT2D eigenvalue weighted by atomic mass is 9.91. The fourth-order valence-electron chi connectivity index (χ4n) is 4.12. The summed E-state index contributed by atoms with van der Waals surface area (Å²) in [6.45, 7) is 8.57. The first-order chi connectivity index (χ1) is 17.8. The van der Waals surface area contributed by atoms with Crippen LogP contribution in [0.5, 0.6) is 0 Å². The number of aromatic nitrogens is 1. The molecule has 0 bridgehead atoms. The standard InChI is InChI=1S/C28H30F2N4O3/c1-4-37-28(35)24-16-21(18-5-8-20(9-6-18)34-11-13-36-14-12-34)25(26(31)17(2)3)27(33-24)32-19-7-10-22(29)23(30)15-19/h5-10,15-17,31H,4,11-14H2,1-3H3,(H,32,33). The second-order valence-corrected chi connectivity index (χ2v) is 8.97. The van der Waals surface area contributed by atoms with Crippen LogP contribution in [-0.4, -0.2) is 49.6 Å². The van der Waals surface area contributed by atoms with Crippen LogP contribution in [0, 0.1) is 23.0 Å². The molecule has 0 unspecified atom stereocenters. The Bertz CT molecular complexity index is 1290. The molecule has 1 aliphatic heterocycles. The molecular formula is C28H30F2N4O3. The van der Waals surface area contributed by atoms with E-state index in [0.717, 1.165) is 36.5 Å². The molecule has 2 heterocycles. The number of benzene rings is 2. The lowest BCUT2D eigenvalue weighted by Gasteiger charge is -2.29. The second-order valence-electron chi connectivity index (χ2n) is 8.97. The first-order valence-electron chi connectivity index (χ1n) is 12.2. The smallest absolute Gasteiger partial charge is 0.357 e. The number of carbonyl (C=O) groups excluding carboxylic acids is 1. The maximum absolute atomic E-state index is 13.9.